The Morgan fingerprint density at radius 1 is 1.12 bits per heavy atom. The number of fused-ring (bicyclic) bond motifs is 3. The monoisotopic (exact) mass is 584 g/mol. The zero-order chi connectivity index (χ0) is 28.7. The Balaban J connectivity index is 1.38. The maximum Gasteiger partial charge on any atom is 0.271 e. The second-order valence-electron chi connectivity index (χ2n) is 10.2. The molecule has 0 aliphatic carbocycles. The van der Waals surface area contributed by atoms with Gasteiger partial charge in [0.25, 0.3) is 5.92 Å². The number of rotatable bonds is 10. The highest BCUT2D eigenvalue weighted by Crippen LogP contribution is 2.51. The summed E-state index contributed by atoms with van der Waals surface area (Å²) in [5.74, 6) is -2.63. The van der Waals surface area contributed by atoms with Crippen molar-refractivity contribution < 1.29 is 27.0 Å². The van der Waals surface area contributed by atoms with Crippen molar-refractivity contribution >= 4 is 38.0 Å². The van der Waals surface area contributed by atoms with Crippen molar-refractivity contribution in [3.63, 3.8) is 0 Å². The first-order valence-corrected chi connectivity index (χ1v) is 14.0. The van der Waals surface area contributed by atoms with Gasteiger partial charge >= 0.3 is 0 Å². The lowest BCUT2D eigenvalue weighted by molar-refractivity contribution is 0.0178. The molecule has 11 heteroatoms. The van der Waals surface area contributed by atoms with E-state index in [-0.39, 0.29) is 18.3 Å². The first kappa shape index (κ1) is 27.3. The second-order valence-corrected chi connectivity index (χ2v) is 11.2. The van der Waals surface area contributed by atoms with Gasteiger partial charge in [-0.1, -0.05) is 6.07 Å². The summed E-state index contributed by atoms with van der Waals surface area (Å²) in [6.45, 7) is 2.81. The Kier molecular flexibility index (Phi) is 7.25. The summed E-state index contributed by atoms with van der Waals surface area (Å²) in [5.41, 5.74) is 1.36. The maximum atomic E-state index is 14.7. The van der Waals surface area contributed by atoms with E-state index in [1.165, 1.54) is 23.5 Å². The van der Waals surface area contributed by atoms with Crippen LogP contribution in [0.2, 0.25) is 0 Å². The van der Waals surface area contributed by atoms with Crippen LogP contribution < -0.4 is 14.8 Å². The van der Waals surface area contributed by atoms with E-state index in [4.69, 9.17) is 9.47 Å². The average molecular weight is 585 g/mol. The zero-order valence-electron chi connectivity index (χ0n) is 22.4. The summed E-state index contributed by atoms with van der Waals surface area (Å²) < 4.78 is 68.9. The average Bonchev–Trinajstić information content (AvgIpc) is 3.55. The standard InChI is InChI=1S/C30H28F4N4O2S/c1-30(33,34)23-12-17(32)4-6-20(23)29-27(21-7-9-24-22(14-35-37-24)28(21)41-29)40-19-5-8-25(26(13-19)39-2)36-18-15-38(16-18)11-3-10-31/h4-9,12-14,18,36H,3,10-11,15-16H2,1-2H3,(H,35,37). The van der Waals surface area contributed by atoms with Crippen LogP contribution in [0.25, 0.3) is 31.4 Å². The maximum absolute atomic E-state index is 14.7. The van der Waals surface area contributed by atoms with Crippen molar-refractivity contribution in [1.29, 1.82) is 0 Å². The highest BCUT2D eigenvalue weighted by Gasteiger charge is 2.32. The van der Waals surface area contributed by atoms with E-state index in [0.717, 1.165) is 59.3 Å². The topological polar surface area (TPSA) is 62.4 Å². The third-order valence-corrected chi connectivity index (χ3v) is 8.50. The number of ether oxygens (including phenoxy) is 2. The number of aromatic amines is 1. The molecular weight excluding hydrogens is 556 g/mol. The first-order chi connectivity index (χ1) is 19.7. The molecule has 1 fully saturated rings. The number of benzene rings is 3. The van der Waals surface area contributed by atoms with Gasteiger partial charge in [-0.15, -0.1) is 11.3 Å². The SMILES string of the molecule is COc1cc(Oc2c(-c3ccc(F)cc3C(C)(F)F)sc3c2ccc2[nH]ncc23)ccc1NC1CN(CCCF)C1. The van der Waals surface area contributed by atoms with E-state index in [0.29, 0.717) is 28.5 Å². The molecule has 3 aromatic carbocycles. The Labute approximate surface area is 237 Å². The summed E-state index contributed by atoms with van der Waals surface area (Å²) in [6, 6.07) is 12.7. The minimum Gasteiger partial charge on any atom is -0.494 e. The lowest BCUT2D eigenvalue weighted by Gasteiger charge is -2.40. The Morgan fingerprint density at radius 3 is 2.71 bits per heavy atom. The van der Waals surface area contributed by atoms with E-state index in [2.05, 4.69) is 20.4 Å². The largest absolute Gasteiger partial charge is 0.494 e. The fraction of sp³-hybridized carbons (Fsp3) is 0.300. The van der Waals surface area contributed by atoms with Crippen LogP contribution in [0, 0.1) is 5.82 Å². The molecule has 0 unspecified atom stereocenters. The van der Waals surface area contributed by atoms with Gasteiger partial charge in [-0.3, -0.25) is 14.4 Å². The predicted molar refractivity (Wildman–Crippen MR) is 154 cm³/mol. The van der Waals surface area contributed by atoms with Crippen LogP contribution in [0.4, 0.5) is 23.2 Å². The molecule has 1 aliphatic heterocycles. The molecule has 6 nitrogen and oxygen atoms in total. The van der Waals surface area contributed by atoms with Gasteiger partial charge < -0.3 is 14.8 Å². The fourth-order valence-electron chi connectivity index (χ4n) is 5.23. The van der Waals surface area contributed by atoms with Crippen LogP contribution in [0.3, 0.4) is 0 Å². The molecule has 214 valence electrons. The smallest absolute Gasteiger partial charge is 0.271 e. The quantitative estimate of drug-likeness (QED) is 0.163. The number of nitrogens with one attached hydrogen (secondary N) is 2. The molecular formula is C30H28F4N4O2S. The Bertz CT molecular complexity index is 1710. The van der Waals surface area contributed by atoms with Crippen molar-refractivity contribution in [3.05, 3.63) is 66.1 Å². The number of anilines is 1. The molecule has 0 spiro atoms. The lowest BCUT2D eigenvalue weighted by Crippen LogP contribution is -2.54. The molecule has 2 N–H and O–H groups in total. The summed E-state index contributed by atoms with van der Waals surface area (Å²) in [4.78, 5) is 2.64. The highest BCUT2D eigenvalue weighted by atomic mass is 32.1. The molecule has 1 saturated heterocycles. The first-order valence-electron chi connectivity index (χ1n) is 13.2. The minimum absolute atomic E-state index is 0.194. The normalized spacial score (nSPS) is 14.5. The summed E-state index contributed by atoms with van der Waals surface area (Å²) >= 11 is 1.29. The van der Waals surface area contributed by atoms with Crippen LogP contribution >= 0.6 is 11.3 Å². The van der Waals surface area contributed by atoms with E-state index < -0.39 is 17.3 Å². The number of likely N-dealkylation sites (tertiary alicyclic amines) is 1. The van der Waals surface area contributed by atoms with Crippen molar-refractivity contribution in [2.75, 3.05) is 38.7 Å². The van der Waals surface area contributed by atoms with Crippen molar-refractivity contribution in [3.8, 4) is 27.7 Å². The van der Waals surface area contributed by atoms with Gasteiger partial charge in [0.05, 0.1) is 42.1 Å². The van der Waals surface area contributed by atoms with Gasteiger partial charge in [-0.2, -0.15) is 5.10 Å². The Morgan fingerprint density at radius 2 is 1.95 bits per heavy atom. The molecule has 0 radical (unpaired) electrons. The minimum atomic E-state index is -3.28. The van der Waals surface area contributed by atoms with Crippen LogP contribution in [0.1, 0.15) is 18.9 Å². The fourth-order valence-corrected chi connectivity index (χ4v) is 6.51. The number of alkyl halides is 3. The Hall–Kier alpha value is -3.83. The molecule has 0 saturated carbocycles. The summed E-state index contributed by atoms with van der Waals surface area (Å²) in [5, 5.41) is 12.1. The van der Waals surface area contributed by atoms with Crippen LogP contribution in [-0.2, 0) is 5.92 Å². The highest BCUT2D eigenvalue weighted by molar-refractivity contribution is 7.23. The molecule has 3 heterocycles. The number of hydrogen-bond acceptors (Lipinski definition) is 6. The van der Waals surface area contributed by atoms with E-state index >= 15 is 0 Å². The summed E-state index contributed by atoms with van der Waals surface area (Å²) in [6.07, 6.45) is 2.22. The third-order valence-electron chi connectivity index (χ3n) is 7.25. The van der Waals surface area contributed by atoms with Crippen LogP contribution in [-0.4, -0.2) is 54.6 Å². The molecule has 41 heavy (non-hydrogen) atoms. The van der Waals surface area contributed by atoms with E-state index in [9.17, 15) is 17.6 Å². The number of halogens is 4. The van der Waals surface area contributed by atoms with Gasteiger partial charge in [0, 0.05) is 59.2 Å². The van der Waals surface area contributed by atoms with Crippen molar-refractivity contribution in [1.82, 2.24) is 15.1 Å². The number of H-pyrrole nitrogens is 1. The van der Waals surface area contributed by atoms with Gasteiger partial charge in [0.15, 0.2) is 5.75 Å². The van der Waals surface area contributed by atoms with Gasteiger partial charge in [0.2, 0.25) is 0 Å². The molecule has 5 aromatic rings. The van der Waals surface area contributed by atoms with Crippen LogP contribution in [0.15, 0.2) is 54.7 Å². The van der Waals surface area contributed by atoms with E-state index in [1.807, 2.05) is 18.2 Å². The molecule has 0 atom stereocenters. The van der Waals surface area contributed by atoms with Crippen LogP contribution in [0.5, 0.6) is 17.2 Å². The number of methoxy groups -OCH3 is 1. The van der Waals surface area contributed by atoms with Gasteiger partial charge in [-0.25, -0.2) is 13.2 Å². The summed E-state index contributed by atoms with van der Waals surface area (Å²) in [7, 11) is 1.56. The molecule has 6 rings (SSSR count). The zero-order valence-corrected chi connectivity index (χ0v) is 23.3. The molecule has 0 amide bonds. The number of nitrogens with zero attached hydrogens (tertiary/aromatic N) is 2. The predicted octanol–water partition coefficient (Wildman–Crippen LogP) is 7.95. The number of thiophene rings is 1. The third kappa shape index (κ3) is 5.31. The van der Waals surface area contributed by atoms with Crippen molar-refractivity contribution in [2.24, 2.45) is 0 Å². The van der Waals surface area contributed by atoms with Gasteiger partial charge in [-0.05, 0) is 42.8 Å². The number of hydrogen-bond donors (Lipinski definition) is 2. The van der Waals surface area contributed by atoms with Crippen molar-refractivity contribution in [2.45, 2.75) is 25.3 Å². The number of aromatic nitrogens is 2. The second kappa shape index (κ2) is 10.9. The molecule has 1 aliphatic rings. The van der Waals surface area contributed by atoms with E-state index in [1.54, 1.807) is 25.4 Å². The molecule has 0 bridgehead atoms. The van der Waals surface area contributed by atoms with Gasteiger partial charge in [0.1, 0.15) is 17.3 Å². The lowest BCUT2D eigenvalue weighted by atomic mass is 10.00. The molecule has 2 aromatic heterocycles.